The van der Waals surface area contributed by atoms with E-state index in [1.807, 2.05) is 24.3 Å². The van der Waals surface area contributed by atoms with E-state index >= 15 is 0 Å². The van der Waals surface area contributed by atoms with E-state index in [4.69, 9.17) is 17.0 Å². The maximum atomic E-state index is 11.6. The molecule has 0 spiro atoms. The minimum atomic E-state index is -0.333. The first-order valence-corrected chi connectivity index (χ1v) is 6.78. The molecule has 1 aliphatic heterocycles. The van der Waals surface area contributed by atoms with Crippen LogP contribution in [0.4, 0.5) is 0 Å². The van der Waals surface area contributed by atoms with Crippen molar-refractivity contribution < 1.29 is 9.53 Å². The summed E-state index contributed by atoms with van der Waals surface area (Å²) in [5.41, 5.74) is 2.95. The second-order valence-electron chi connectivity index (χ2n) is 4.48. The molecular weight excluding hydrogens is 258 g/mol. The predicted molar refractivity (Wildman–Crippen MR) is 80.0 cm³/mol. The standard InChI is InChI=1S/C15H17NO2S/c1-3-6-13-12(9-14(17)18-2)10-7-4-5-8-11(10)15(19)16-13/h4-5,7-9,13H,3,6H2,1-2H3,(H,16,19)/b12-9-/t13-/m0/s1. The Balaban J connectivity index is 2.50. The van der Waals surface area contributed by atoms with Gasteiger partial charge in [0, 0.05) is 11.6 Å². The van der Waals surface area contributed by atoms with Crippen LogP contribution in [-0.2, 0) is 9.53 Å². The molecule has 1 N–H and O–H groups in total. The van der Waals surface area contributed by atoms with Gasteiger partial charge in [-0.05, 0) is 17.6 Å². The van der Waals surface area contributed by atoms with Gasteiger partial charge in [-0.25, -0.2) is 4.79 Å². The largest absolute Gasteiger partial charge is 0.466 e. The third-order valence-corrected chi connectivity index (χ3v) is 3.55. The van der Waals surface area contributed by atoms with Crippen LogP contribution in [0.15, 0.2) is 30.3 Å². The van der Waals surface area contributed by atoms with Crippen molar-refractivity contribution in [1.29, 1.82) is 0 Å². The number of nitrogens with one attached hydrogen (secondary N) is 1. The first-order valence-electron chi connectivity index (χ1n) is 6.37. The average molecular weight is 275 g/mol. The molecule has 1 atom stereocenters. The summed E-state index contributed by atoms with van der Waals surface area (Å²) < 4.78 is 4.75. The van der Waals surface area contributed by atoms with Crippen LogP contribution in [0.3, 0.4) is 0 Å². The first kappa shape index (κ1) is 13.7. The number of methoxy groups -OCH3 is 1. The highest BCUT2D eigenvalue weighted by atomic mass is 32.1. The van der Waals surface area contributed by atoms with Gasteiger partial charge in [0.25, 0.3) is 0 Å². The second kappa shape index (κ2) is 5.97. The number of fused-ring (bicyclic) bond motifs is 1. The summed E-state index contributed by atoms with van der Waals surface area (Å²) in [7, 11) is 1.39. The van der Waals surface area contributed by atoms with Crippen LogP contribution in [-0.4, -0.2) is 24.1 Å². The lowest BCUT2D eigenvalue weighted by Crippen LogP contribution is -2.40. The molecule has 0 amide bonds. The van der Waals surface area contributed by atoms with E-state index in [1.54, 1.807) is 6.08 Å². The number of carbonyl (C=O) groups is 1. The van der Waals surface area contributed by atoms with Gasteiger partial charge in [-0.15, -0.1) is 0 Å². The average Bonchev–Trinajstić information content (AvgIpc) is 2.43. The van der Waals surface area contributed by atoms with Crippen molar-refractivity contribution >= 4 is 28.7 Å². The van der Waals surface area contributed by atoms with Gasteiger partial charge >= 0.3 is 5.97 Å². The van der Waals surface area contributed by atoms with Crippen molar-refractivity contribution in [2.75, 3.05) is 7.11 Å². The Hall–Kier alpha value is -1.68. The fraction of sp³-hybridized carbons (Fsp3) is 0.333. The normalized spacial score (nSPS) is 19.8. The molecule has 0 saturated carbocycles. The van der Waals surface area contributed by atoms with Crippen molar-refractivity contribution in [3.05, 3.63) is 41.5 Å². The van der Waals surface area contributed by atoms with Gasteiger partial charge in [-0.2, -0.15) is 0 Å². The van der Waals surface area contributed by atoms with Gasteiger partial charge in [-0.3, -0.25) is 0 Å². The van der Waals surface area contributed by atoms with E-state index in [0.29, 0.717) is 0 Å². The summed E-state index contributed by atoms with van der Waals surface area (Å²) in [6.07, 6.45) is 3.51. The zero-order valence-electron chi connectivity index (χ0n) is 11.1. The lowest BCUT2D eigenvalue weighted by molar-refractivity contribution is -0.134. The molecule has 0 unspecified atom stereocenters. The number of thiocarbonyl (C=S) groups is 1. The van der Waals surface area contributed by atoms with Gasteiger partial charge < -0.3 is 10.1 Å². The molecule has 4 heteroatoms. The molecule has 1 aliphatic rings. The molecule has 0 bridgehead atoms. The van der Waals surface area contributed by atoms with Crippen molar-refractivity contribution in [3.8, 4) is 0 Å². The molecule has 0 radical (unpaired) electrons. The minimum absolute atomic E-state index is 0.0755. The maximum Gasteiger partial charge on any atom is 0.330 e. The number of esters is 1. The van der Waals surface area contributed by atoms with E-state index in [-0.39, 0.29) is 12.0 Å². The summed E-state index contributed by atoms with van der Waals surface area (Å²) in [6, 6.07) is 7.95. The molecule has 2 rings (SSSR count). The Morgan fingerprint density at radius 3 is 2.74 bits per heavy atom. The lowest BCUT2D eigenvalue weighted by Gasteiger charge is -2.30. The van der Waals surface area contributed by atoms with Crippen LogP contribution in [0.5, 0.6) is 0 Å². The monoisotopic (exact) mass is 275 g/mol. The fourth-order valence-corrected chi connectivity index (χ4v) is 2.64. The molecule has 0 saturated heterocycles. The third-order valence-electron chi connectivity index (χ3n) is 3.22. The van der Waals surface area contributed by atoms with Crippen molar-refractivity contribution in [1.82, 2.24) is 5.32 Å². The highest BCUT2D eigenvalue weighted by Crippen LogP contribution is 2.29. The highest BCUT2D eigenvalue weighted by Gasteiger charge is 2.26. The van der Waals surface area contributed by atoms with Gasteiger partial charge in [0.2, 0.25) is 0 Å². The molecule has 100 valence electrons. The van der Waals surface area contributed by atoms with Crippen LogP contribution < -0.4 is 5.32 Å². The number of ether oxygens (including phenoxy) is 1. The quantitative estimate of drug-likeness (QED) is 0.523. The molecule has 1 aromatic rings. The number of hydrogen-bond donors (Lipinski definition) is 1. The van der Waals surface area contributed by atoms with Crippen molar-refractivity contribution in [3.63, 3.8) is 0 Å². The minimum Gasteiger partial charge on any atom is -0.466 e. The van der Waals surface area contributed by atoms with E-state index < -0.39 is 0 Å². The molecule has 0 fully saturated rings. The molecule has 0 aliphatic carbocycles. The molecule has 1 heterocycles. The van der Waals surface area contributed by atoms with Crippen LogP contribution in [0.1, 0.15) is 30.9 Å². The lowest BCUT2D eigenvalue weighted by atomic mass is 9.88. The van der Waals surface area contributed by atoms with Crippen LogP contribution in [0.25, 0.3) is 5.57 Å². The third kappa shape index (κ3) is 2.84. The number of hydrogen-bond acceptors (Lipinski definition) is 3. The van der Waals surface area contributed by atoms with E-state index in [9.17, 15) is 4.79 Å². The smallest absolute Gasteiger partial charge is 0.330 e. The van der Waals surface area contributed by atoms with Crippen molar-refractivity contribution in [2.24, 2.45) is 0 Å². The van der Waals surface area contributed by atoms with E-state index in [0.717, 1.165) is 34.5 Å². The number of benzene rings is 1. The number of carbonyl (C=O) groups excluding carboxylic acids is 1. The maximum absolute atomic E-state index is 11.6. The summed E-state index contributed by atoms with van der Waals surface area (Å²) in [5.74, 6) is -0.333. The molecule has 0 aromatic heterocycles. The Morgan fingerprint density at radius 2 is 2.11 bits per heavy atom. The van der Waals surface area contributed by atoms with Gasteiger partial charge in [-0.1, -0.05) is 49.8 Å². The molecule has 1 aromatic carbocycles. The summed E-state index contributed by atoms with van der Waals surface area (Å²) in [5, 5.41) is 3.31. The molecule has 19 heavy (non-hydrogen) atoms. The molecular formula is C15H17NO2S. The van der Waals surface area contributed by atoms with E-state index in [1.165, 1.54) is 7.11 Å². The number of rotatable bonds is 3. The Morgan fingerprint density at radius 1 is 1.42 bits per heavy atom. The summed E-state index contributed by atoms with van der Waals surface area (Å²) in [6.45, 7) is 2.11. The van der Waals surface area contributed by atoms with E-state index in [2.05, 4.69) is 12.2 Å². The highest BCUT2D eigenvalue weighted by molar-refractivity contribution is 7.80. The zero-order chi connectivity index (χ0) is 13.8. The Labute approximate surface area is 118 Å². The van der Waals surface area contributed by atoms with Gasteiger partial charge in [0.15, 0.2) is 0 Å². The fourth-order valence-electron chi connectivity index (χ4n) is 2.31. The molecule has 3 nitrogen and oxygen atoms in total. The van der Waals surface area contributed by atoms with Gasteiger partial charge in [0.05, 0.1) is 13.2 Å². The Bertz CT molecular complexity index is 537. The van der Waals surface area contributed by atoms with Crippen LogP contribution >= 0.6 is 12.2 Å². The SMILES string of the molecule is CCC[C@@H]1NC(=S)c2ccccc2/C1=C/C(=O)OC. The predicted octanol–water partition coefficient (Wildman–Crippen LogP) is 2.69. The summed E-state index contributed by atoms with van der Waals surface area (Å²) >= 11 is 5.39. The second-order valence-corrected chi connectivity index (χ2v) is 4.89. The summed E-state index contributed by atoms with van der Waals surface area (Å²) in [4.78, 5) is 12.3. The van der Waals surface area contributed by atoms with Crippen LogP contribution in [0, 0.1) is 0 Å². The van der Waals surface area contributed by atoms with Gasteiger partial charge in [0.1, 0.15) is 4.99 Å². The topological polar surface area (TPSA) is 38.3 Å². The van der Waals surface area contributed by atoms with Crippen LogP contribution in [0.2, 0.25) is 0 Å². The van der Waals surface area contributed by atoms with Crippen molar-refractivity contribution in [2.45, 2.75) is 25.8 Å². The Kier molecular flexibility index (Phi) is 4.32. The first-order chi connectivity index (χ1) is 9.17. The zero-order valence-corrected chi connectivity index (χ0v) is 11.9.